The summed E-state index contributed by atoms with van der Waals surface area (Å²) in [5.41, 5.74) is 3.22. The molecule has 1 aliphatic rings. The maximum absolute atomic E-state index is 12.6. The Morgan fingerprint density at radius 1 is 1.25 bits per heavy atom. The highest BCUT2D eigenvalue weighted by Gasteiger charge is 2.32. The van der Waals surface area contributed by atoms with E-state index < -0.39 is 6.10 Å². The molecule has 4 heteroatoms. The minimum atomic E-state index is -0.520. The molecule has 0 bridgehead atoms. The monoisotopic (exact) mass is 324 g/mol. The van der Waals surface area contributed by atoms with Crippen molar-refractivity contribution in [3.8, 4) is 0 Å². The predicted molar refractivity (Wildman–Crippen MR) is 93.4 cm³/mol. The van der Waals surface area contributed by atoms with Gasteiger partial charge in [0.15, 0.2) is 0 Å². The van der Waals surface area contributed by atoms with Crippen molar-refractivity contribution in [1.29, 1.82) is 0 Å². The average Bonchev–Trinajstić information content (AvgIpc) is 3.03. The van der Waals surface area contributed by atoms with Crippen LogP contribution in [0.15, 0.2) is 48.7 Å². The van der Waals surface area contributed by atoms with Gasteiger partial charge in [0.1, 0.15) is 0 Å². The Hall–Kier alpha value is -2.20. The molecule has 1 aromatic carbocycles. The minimum absolute atomic E-state index is 0.0669. The number of hydrogen-bond donors (Lipinski definition) is 2. The zero-order chi connectivity index (χ0) is 16.9. The van der Waals surface area contributed by atoms with E-state index in [1.54, 1.807) is 6.20 Å². The molecule has 3 rings (SSSR count). The molecule has 24 heavy (non-hydrogen) atoms. The number of hydrogen-bond acceptors (Lipinski definition) is 3. The molecule has 0 radical (unpaired) electrons. The summed E-state index contributed by atoms with van der Waals surface area (Å²) in [4.78, 5) is 17.0. The molecule has 1 amide bonds. The van der Waals surface area contributed by atoms with Crippen LogP contribution in [0.3, 0.4) is 0 Å². The first kappa shape index (κ1) is 16.7. The normalized spacial score (nSPS) is 21.4. The molecule has 0 spiro atoms. The number of amides is 1. The zero-order valence-electron chi connectivity index (χ0n) is 14.0. The number of carbonyl (C=O) groups is 1. The van der Waals surface area contributed by atoms with E-state index >= 15 is 0 Å². The van der Waals surface area contributed by atoms with Crippen LogP contribution in [0.2, 0.25) is 0 Å². The molecular weight excluding hydrogens is 300 g/mol. The molecule has 4 nitrogen and oxygen atoms in total. The third-order valence-corrected chi connectivity index (χ3v) is 4.74. The van der Waals surface area contributed by atoms with Crippen LogP contribution in [0, 0.1) is 12.8 Å². The Kier molecular flexibility index (Phi) is 5.26. The number of rotatable bonds is 5. The standard InChI is InChI=1S/C20H24N2O2/c1-14-8-10-15(11-9-14)13-18(17-6-2-3-12-21-17)22-20(24)16-5-4-7-19(16)23/h2-3,6,8-12,16,18-19,23H,4-5,7,13H2,1H3,(H,22,24). The van der Waals surface area contributed by atoms with Crippen LogP contribution in [-0.2, 0) is 11.2 Å². The fraction of sp³-hybridized carbons (Fsp3) is 0.400. The topological polar surface area (TPSA) is 62.2 Å². The van der Waals surface area contributed by atoms with E-state index in [-0.39, 0.29) is 17.9 Å². The van der Waals surface area contributed by atoms with Crippen molar-refractivity contribution in [1.82, 2.24) is 10.3 Å². The van der Waals surface area contributed by atoms with Gasteiger partial charge in [-0.05, 0) is 50.3 Å². The second-order valence-corrected chi connectivity index (χ2v) is 6.61. The largest absolute Gasteiger partial charge is 0.392 e. The third-order valence-electron chi connectivity index (χ3n) is 4.74. The summed E-state index contributed by atoms with van der Waals surface area (Å²) in [6.45, 7) is 2.06. The highest BCUT2D eigenvalue weighted by Crippen LogP contribution is 2.27. The highest BCUT2D eigenvalue weighted by molar-refractivity contribution is 5.80. The average molecular weight is 324 g/mol. The van der Waals surface area contributed by atoms with Crippen LogP contribution in [0.5, 0.6) is 0 Å². The number of benzene rings is 1. The van der Waals surface area contributed by atoms with Crippen molar-refractivity contribution in [3.63, 3.8) is 0 Å². The quantitative estimate of drug-likeness (QED) is 0.889. The molecule has 1 heterocycles. The van der Waals surface area contributed by atoms with Gasteiger partial charge in [-0.3, -0.25) is 9.78 Å². The van der Waals surface area contributed by atoms with Crippen LogP contribution in [0.1, 0.15) is 42.1 Å². The first-order valence-corrected chi connectivity index (χ1v) is 8.58. The van der Waals surface area contributed by atoms with Crippen LogP contribution in [0.4, 0.5) is 0 Å². The molecular formula is C20H24N2O2. The smallest absolute Gasteiger partial charge is 0.226 e. The molecule has 2 N–H and O–H groups in total. The number of carbonyl (C=O) groups excluding carboxylic acids is 1. The highest BCUT2D eigenvalue weighted by atomic mass is 16.3. The number of aromatic nitrogens is 1. The summed E-state index contributed by atoms with van der Waals surface area (Å²) >= 11 is 0. The van der Waals surface area contributed by atoms with E-state index in [2.05, 4.69) is 41.5 Å². The van der Waals surface area contributed by atoms with Crippen molar-refractivity contribution in [2.24, 2.45) is 5.92 Å². The Balaban J connectivity index is 1.77. The molecule has 1 aromatic heterocycles. The fourth-order valence-electron chi connectivity index (χ4n) is 3.30. The lowest BCUT2D eigenvalue weighted by atomic mass is 9.99. The molecule has 126 valence electrons. The van der Waals surface area contributed by atoms with Crippen molar-refractivity contribution in [2.45, 2.75) is 44.8 Å². The Morgan fingerprint density at radius 3 is 2.67 bits per heavy atom. The third kappa shape index (κ3) is 4.01. The van der Waals surface area contributed by atoms with Crippen LogP contribution >= 0.6 is 0 Å². The first-order chi connectivity index (χ1) is 11.6. The lowest BCUT2D eigenvalue weighted by Crippen LogP contribution is -2.38. The molecule has 1 saturated carbocycles. The number of aryl methyl sites for hydroxylation is 1. The molecule has 1 aliphatic carbocycles. The van der Waals surface area contributed by atoms with Gasteiger partial charge in [0, 0.05) is 6.20 Å². The van der Waals surface area contributed by atoms with E-state index in [9.17, 15) is 9.90 Å². The Bertz CT molecular complexity index is 670. The van der Waals surface area contributed by atoms with E-state index in [1.807, 2.05) is 18.2 Å². The Morgan fingerprint density at radius 2 is 2.04 bits per heavy atom. The first-order valence-electron chi connectivity index (χ1n) is 8.58. The van der Waals surface area contributed by atoms with Crippen molar-refractivity contribution in [3.05, 3.63) is 65.5 Å². The van der Waals surface area contributed by atoms with Crippen molar-refractivity contribution in [2.75, 3.05) is 0 Å². The van der Waals surface area contributed by atoms with Gasteiger partial charge in [-0.25, -0.2) is 0 Å². The number of aliphatic hydroxyl groups excluding tert-OH is 1. The molecule has 2 aromatic rings. The minimum Gasteiger partial charge on any atom is -0.392 e. The van der Waals surface area contributed by atoms with E-state index in [0.717, 1.165) is 24.1 Å². The van der Waals surface area contributed by atoms with Gasteiger partial charge in [-0.2, -0.15) is 0 Å². The summed E-state index contributed by atoms with van der Waals surface area (Å²) in [6, 6.07) is 13.9. The summed E-state index contributed by atoms with van der Waals surface area (Å²) in [5, 5.41) is 13.1. The number of pyridine rings is 1. The lowest BCUT2D eigenvalue weighted by Gasteiger charge is -2.22. The summed E-state index contributed by atoms with van der Waals surface area (Å²) < 4.78 is 0. The zero-order valence-corrected chi connectivity index (χ0v) is 14.0. The van der Waals surface area contributed by atoms with Crippen LogP contribution in [0.25, 0.3) is 0 Å². The molecule has 1 fully saturated rings. The van der Waals surface area contributed by atoms with Crippen molar-refractivity contribution < 1.29 is 9.90 Å². The fourth-order valence-corrected chi connectivity index (χ4v) is 3.30. The van der Waals surface area contributed by atoms with E-state index in [4.69, 9.17) is 0 Å². The molecule has 0 aliphatic heterocycles. The van der Waals surface area contributed by atoms with Gasteiger partial charge in [-0.15, -0.1) is 0 Å². The second-order valence-electron chi connectivity index (χ2n) is 6.61. The van der Waals surface area contributed by atoms with Gasteiger partial charge in [0.05, 0.1) is 23.8 Å². The summed E-state index contributed by atoms with van der Waals surface area (Å²) in [7, 11) is 0. The van der Waals surface area contributed by atoms with Gasteiger partial charge in [0.2, 0.25) is 5.91 Å². The maximum Gasteiger partial charge on any atom is 0.226 e. The van der Waals surface area contributed by atoms with Crippen LogP contribution < -0.4 is 5.32 Å². The van der Waals surface area contributed by atoms with Gasteiger partial charge in [-0.1, -0.05) is 35.9 Å². The summed E-state index contributed by atoms with van der Waals surface area (Å²) in [6.07, 6.45) is 4.29. The van der Waals surface area contributed by atoms with Gasteiger partial charge in [0.25, 0.3) is 0 Å². The SMILES string of the molecule is Cc1ccc(CC(NC(=O)C2CCCC2O)c2ccccn2)cc1. The van der Waals surface area contributed by atoms with Crippen LogP contribution in [-0.4, -0.2) is 22.1 Å². The maximum atomic E-state index is 12.6. The summed E-state index contributed by atoms with van der Waals surface area (Å²) in [5.74, 6) is -0.364. The number of nitrogens with one attached hydrogen (secondary N) is 1. The lowest BCUT2D eigenvalue weighted by molar-refractivity contribution is -0.128. The Labute approximate surface area is 142 Å². The second kappa shape index (κ2) is 7.58. The van der Waals surface area contributed by atoms with E-state index in [1.165, 1.54) is 5.56 Å². The number of aliphatic hydroxyl groups is 1. The predicted octanol–water partition coefficient (Wildman–Crippen LogP) is 2.95. The van der Waals surface area contributed by atoms with Gasteiger partial charge < -0.3 is 10.4 Å². The van der Waals surface area contributed by atoms with Gasteiger partial charge >= 0.3 is 0 Å². The number of nitrogens with zero attached hydrogens (tertiary/aromatic N) is 1. The molecule has 3 unspecified atom stereocenters. The van der Waals surface area contributed by atoms with E-state index in [0.29, 0.717) is 12.8 Å². The molecule has 3 atom stereocenters. The van der Waals surface area contributed by atoms with Crippen molar-refractivity contribution >= 4 is 5.91 Å². The molecule has 0 saturated heterocycles.